The minimum atomic E-state index is -0.679. The fraction of sp³-hybridized carbons (Fsp3) is 0.522. The van der Waals surface area contributed by atoms with Crippen LogP contribution in [0.1, 0.15) is 37.8 Å². The first-order valence-corrected chi connectivity index (χ1v) is 10.7. The average Bonchev–Trinajstić information content (AvgIpc) is 3.10. The lowest BCUT2D eigenvalue weighted by atomic mass is 9.92. The van der Waals surface area contributed by atoms with E-state index < -0.39 is 5.97 Å². The van der Waals surface area contributed by atoms with Crippen molar-refractivity contribution < 1.29 is 9.90 Å². The molecular formula is C23H31ClN2O2. The Bertz CT molecular complexity index is 774. The molecule has 152 valence electrons. The number of halogens is 1. The maximum Gasteiger partial charge on any atom is 0.307 e. The highest BCUT2D eigenvalue weighted by molar-refractivity contribution is 6.22. The molecule has 28 heavy (non-hydrogen) atoms. The lowest BCUT2D eigenvalue weighted by Crippen LogP contribution is -2.24. The highest BCUT2D eigenvalue weighted by atomic mass is 35.5. The number of hydrogen-bond donors (Lipinski definition) is 2. The second-order valence-corrected chi connectivity index (χ2v) is 8.70. The van der Waals surface area contributed by atoms with Gasteiger partial charge in [0.25, 0.3) is 0 Å². The van der Waals surface area contributed by atoms with Gasteiger partial charge < -0.3 is 10.4 Å². The molecule has 0 saturated carbocycles. The zero-order valence-electron chi connectivity index (χ0n) is 17.0. The van der Waals surface area contributed by atoms with E-state index in [0.717, 1.165) is 31.6 Å². The molecule has 1 saturated heterocycles. The Balaban J connectivity index is 1.70. The van der Waals surface area contributed by atoms with E-state index in [1.807, 2.05) is 0 Å². The molecular weight excluding hydrogens is 372 g/mol. The second-order valence-electron chi connectivity index (χ2n) is 8.20. The number of anilines is 1. The Morgan fingerprint density at radius 1 is 1.39 bits per heavy atom. The molecule has 1 aromatic rings. The molecule has 2 aliphatic rings. The third kappa shape index (κ3) is 5.18. The van der Waals surface area contributed by atoms with Crippen LogP contribution in [-0.2, 0) is 11.3 Å². The minimum absolute atomic E-state index is 0.0712. The van der Waals surface area contributed by atoms with Crippen LogP contribution in [0.3, 0.4) is 0 Å². The zero-order valence-corrected chi connectivity index (χ0v) is 17.7. The molecule has 2 N–H and O–H groups in total. The fourth-order valence-electron chi connectivity index (χ4n) is 4.16. The molecule has 0 amide bonds. The Labute approximate surface area is 173 Å². The van der Waals surface area contributed by atoms with Crippen molar-refractivity contribution in [2.75, 3.05) is 18.4 Å². The number of aliphatic carboxylic acids is 1. The van der Waals surface area contributed by atoms with Gasteiger partial charge in [-0.2, -0.15) is 0 Å². The van der Waals surface area contributed by atoms with E-state index in [2.05, 4.69) is 67.4 Å². The maximum absolute atomic E-state index is 11.2. The van der Waals surface area contributed by atoms with Crippen LogP contribution in [0.15, 0.2) is 42.0 Å². The number of likely N-dealkylation sites (tertiary alicyclic amines) is 1. The molecule has 1 aliphatic carbocycles. The highest BCUT2D eigenvalue weighted by Gasteiger charge is 2.28. The van der Waals surface area contributed by atoms with Crippen molar-refractivity contribution in [1.82, 2.24) is 4.90 Å². The van der Waals surface area contributed by atoms with E-state index in [0.29, 0.717) is 12.5 Å². The van der Waals surface area contributed by atoms with Crippen molar-refractivity contribution in [2.24, 2.45) is 11.8 Å². The smallest absolute Gasteiger partial charge is 0.307 e. The van der Waals surface area contributed by atoms with Gasteiger partial charge in [0.1, 0.15) is 0 Å². The Kier molecular flexibility index (Phi) is 6.84. The van der Waals surface area contributed by atoms with E-state index >= 15 is 0 Å². The Morgan fingerprint density at radius 2 is 2.18 bits per heavy atom. The second kappa shape index (κ2) is 9.15. The summed E-state index contributed by atoms with van der Waals surface area (Å²) in [4.78, 5) is 13.4. The lowest BCUT2D eigenvalue weighted by molar-refractivity contribution is -0.141. The quantitative estimate of drug-likeness (QED) is 0.641. The summed E-state index contributed by atoms with van der Waals surface area (Å²) in [6.45, 7) is 8.74. The van der Waals surface area contributed by atoms with E-state index in [1.54, 1.807) is 0 Å². The minimum Gasteiger partial charge on any atom is -0.481 e. The number of alkyl halides is 1. The largest absolute Gasteiger partial charge is 0.481 e. The Hall–Kier alpha value is -1.78. The van der Waals surface area contributed by atoms with Crippen LogP contribution < -0.4 is 5.32 Å². The average molecular weight is 403 g/mol. The van der Waals surface area contributed by atoms with Crippen molar-refractivity contribution >= 4 is 23.3 Å². The monoisotopic (exact) mass is 402 g/mol. The topological polar surface area (TPSA) is 52.6 Å². The van der Waals surface area contributed by atoms with Gasteiger partial charge in [-0.25, -0.2) is 0 Å². The summed E-state index contributed by atoms with van der Waals surface area (Å²) in [5, 5.41) is 13.0. The number of nitrogens with zero attached hydrogens (tertiary/aromatic N) is 1. The van der Waals surface area contributed by atoms with Gasteiger partial charge in [-0.05, 0) is 61.1 Å². The number of carboxylic acid groups (broad SMARTS) is 1. The van der Waals surface area contributed by atoms with Crippen molar-refractivity contribution in [1.29, 1.82) is 0 Å². The molecule has 4 nitrogen and oxygen atoms in total. The molecule has 5 heteroatoms. The summed E-state index contributed by atoms with van der Waals surface area (Å²) >= 11 is 6.30. The number of allylic oxidation sites excluding steroid dienone is 2. The number of hydrogen-bond acceptors (Lipinski definition) is 3. The summed E-state index contributed by atoms with van der Waals surface area (Å²) in [6, 6.07) is 6.82. The summed E-state index contributed by atoms with van der Waals surface area (Å²) in [5.41, 5.74) is 4.85. The molecule has 1 fully saturated rings. The first kappa shape index (κ1) is 20.9. The number of nitrogens with one attached hydrogen (secondary N) is 1. The molecule has 1 heterocycles. The van der Waals surface area contributed by atoms with Gasteiger partial charge in [0, 0.05) is 18.8 Å². The summed E-state index contributed by atoms with van der Waals surface area (Å²) in [6.07, 6.45) is 8.23. The molecule has 1 aromatic carbocycles. The van der Waals surface area contributed by atoms with Crippen molar-refractivity contribution in [3.05, 3.63) is 53.1 Å². The number of carboxylic acids is 1. The van der Waals surface area contributed by atoms with Gasteiger partial charge in [-0.1, -0.05) is 38.1 Å². The van der Waals surface area contributed by atoms with Gasteiger partial charge in [0.2, 0.25) is 0 Å². The van der Waals surface area contributed by atoms with E-state index in [9.17, 15) is 9.90 Å². The molecule has 1 aliphatic heterocycles. The zero-order chi connectivity index (χ0) is 20.3. The molecule has 0 bridgehead atoms. The first-order chi connectivity index (χ1) is 13.4. The third-order valence-corrected chi connectivity index (χ3v) is 6.29. The Morgan fingerprint density at radius 3 is 2.82 bits per heavy atom. The molecule has 0 radical (unpaired) electrons. The van der Waals surface area contributed by atoms with Crippen LogP contribution >= 0.6 is 11.6 Å². The SMILES string of the molecule is CCC(Nc1cc(C)cc(CN2CC[C@@H](C(=O)O)C2)c1)C1=C[C@H](C)C(Cl)C=C1. The molecule has 0 spiro atoms. The van der Waals surface area contributed by atoms with Gasteiger partial charge in [0.05, 0.1) is 17.3 Å². The van der Waals surface area contributed by atoms with Gasteiger partial charge in [-0.3, -0.25) is 9.69 Å². The fourth-order valence-corrected chi connectivity index (χ4v) is 4.30. The van der Waals surface area contributed by atoms with Crippen LogP contribution in [0, 0.1) is 18.8 Å². The molecule has 0 aromatic heterocycles. The van der Waals surface area contributed by atoms with E-state index in [-0.39, 0.29) is 17.3 Å². The van der Waals surface area contributed by atoms with Crippen LogP contribution in [-0.4, -0.2) is 40.5 Å². The van der Waals surface area contributed by atoms with Crippen molar-refractivity contribution in [3.63, 3.8) is 0 Å². The van der Waals surface area contributed by atoms with Gasteiger partial charge in [0.15, 0.2) is 0 Å². The number of carbonyl (C=O) groups is 1. The summed E-state index contributed by atoms with van der Waals surface area (Å²) in [7, 11) is 0. The maximum atomic E-state index is 11.2. The molecule has 3 rings (SSSR count). The van der Waals surface area contributed by atoms with Crippen LogP contribution in [0.5, 0.6) is 0 Å². The van der Waals surface area contributed by atoms with Gasteiger partial charge >= 0.3 is 5.97 Å². The first-order valence-electron chi connectivity index (χ1n) is 10.2. The normalized spacial score (nSPS) is 26.1. The van der Waals surface area contributed by atoms with Gasteiger partial charge in [-0.15, -0.1) is 11.6 Å². The lowest BCUT2D eigenvalue weighted by Gasteiger charge is -2.25. The number of benzene rings is 1. The van der Waals surface area contributed by atoms with Crippen LogP contribution in [0.2, 0.25) is 0 Å². The number of aryl methyl sites for hydroxylation is 1. The molecule has 2 unspecified atom stereocenters. The van der Waals surface area contributed by atoms with Crippen molar-refractivity contribution in [2.45, 2.75) is 51.6 Å². The third-order valence-electron chi connectivity index (χ3n) is 5.75. The summed E-state index contributed by atoms with van der Waals surface area (Å²) < 4.78 is 0. The van der Waals surface area contributed by atoms with E-state index in [1.165, 1.54) is 16.7 Å². The van der Waals surface area contributed by atoms with Crippen LogP contribution in [0.4, 0.5) is 5.69 Å². The summed E-state index contributed by atoms with van der Waals surface area (Å²) in [5.74, 6) is -0.574. The highest BCUT2D eigenvalue weighted by Crippen LogP contribution is 2.27. The van der Waals surface area contributed by atoms with Crippen LogP contribution in [0.25, 0.3) is 0 Å². The van der Waals surface area contributed by atoms with Crippen molar-refractivity contribution in [3.8, 4) is 0 Å². The van der Waals surface area contributed by atoms with E-state index in [4.69, 9.17) is 11.6 Å². The molecule has 4 atom stereocenters. The standard InChI is InChI=1S/C23H31ClN2O2/c1-4-22(18-5-6-21(24)16(3)11-18)25-20-10-15(2)9-17(12-20)13-26-8-7-19(14-26)23(27)28/h5-6,9-12,16,19,21-22,25H,4,7-8,13-14H2,1-3H3,(H,27,28)/t16-,19+,21?,22?/m0/s1. The predicted octanol–water partition coefficient (Wildman–Crippen LogP) is 4.83. The number of rotatable bonds is 7. The predicted molar refractivity (Wildman–Crippen MR) is 116 cm³/mol.